The number of benzene rings is 3. The molecule has 4 nitrogen and oxygen atoms in total. The minimum absolute atomic E-state index is 0.00218. The first-order valence-corrected chi connectivity index (χ1v) is 9.74. The summed E-state index contributed by atoms with van der Waals surface area (Å²) in [6.07, 6.45) is 0. The number of amides is 1. The van der Waals surface area contributed by atoms with Crippen LogP contribution in [0.25, 0.3) is 5.76 Å². The normalized spacial score (nSPS) is 17.9. The van der Waals surface area contributed by atoms with Gasteiger partial charge < -0.3 is 5.11 Å². The van der Waals surface area contributed by atoms with E-state index in [4.69, 9.17) is 11.6 Å². The second-order valence-corrected chi connectivity index (χ2v) is 7.63. The van der Waals surface area contributed by atoms with Gasteiger partial charge in [-0.15, -0.1) is 0 Å². The number of hydrogen-bond donors (Lipinski definition) is 1. The van der Waals surface area contributed by atoms with Gasteiger partial charge in [-0.05, 0) is 36.8 Å². The summed E-state index contributed by atoms with van der Waals surface area (Å²) < 4.78 is 27.4. The van der Waals surface area contributed by atoms with Gasteiger partial charge in [0.1, 0.15) is 5.76 Å². The number of Topliss-reactive ketones (excluding diaryl/α,β-unsaturated/α-hetero) is 1. The molecule has 156 valence electrons. The Morgan fingerprint density at radius 1 is 0.968 bits per heavy atom. The van der Waals surface area contributed by atoms with Crippen LogP contribution in [0.2, 0.25) is 5.02 Å². The predicted molar refractivity (Wildman–Crippen MR) is 114 cm³/mol. The van der Waals surface area contributed by atoms with Crippen molar-refractivity contribution in [3.05, 3.63) is 106 Å². The van der Waals surface area contributed by atoms with Crippen molar-refractivity contribution in [2.24, 2.45) is 0 Å². The molecular formula is C24H16ClF2NO3. The van der Waals surface area contributed by atoms with Crippen molar-refractivity contribution in [2.45, 2.75) is 13.0 Å². The molecule has 4 rings (SSSR count). The molecule has 0 aromatic heterocycles. The van der Waals surface area contributed by atoms with Gasteiger partial charge in [0, 0.05) is 22.3 Å². The Kier molecular flexibility index (Phi) is 5.33. The maximum atomic E-state index is 13.9. The lowest BCUT2D eigenvalue weighted by molar-refractivity contribution is -0.132. The minimum atomic E-state index is -1.16. The van der Waals surface area contributed by atoms with Gasteiger partial charge in [0.05, 0.1) is 11.6 Å². The van der Waals surface area contributed by atoms with E-state index in [0.717, 1.165) is 22.6 Å². The zero-order chi connectivity index (χ0) is 22.3. The van der Waals surface area contributed by atoms with E-state index in [0.29, 0.717) is 10.6 Å². The Balaban J connectivity index is 1.97. The summed E-state index contributed by atoms with van der Waals surface area (Å²) in [6.45, 7) is 1.84. The van der Waals surface area contributed by atoms with Crippen LogP contribution in [-0.4, -0.2) is 16.8 Å². The van der Waals surface area contributed by atoms with Gasteiger partial charge in [-0.3, -0.25) is 14.5 Å². The molecule has 1 aliphatic rings. The number of carbonyl (C=O) groups is 2. The van der Waals surface area contributed by atoms with Crippen molar-refractivity contribution >= 4 is 34.7 Å². The number of rotatable bonds is 3. The SMILES string of the molecule is Cc1cccc(C2/C(=C(\O)c3cccc(Cl)c3)C(=O)C(=O)N2c2ccc(F)c(F)c2)c1. The molecule has 0 spiro atoms. The number of aliphatic hydroxyl groups is 1. The highest BCUT2D eigenvalue weighted by Crippen LogP contribution is 2.42. The number of anilines is 1. The summed E-state index contributed by atoms with van der Waals surface area (Å²) in [4.78, 5) is 27.0. The third kappa shape index (κ3) is 3.70. The first-order chi connectivity index (χ1) is 14.8. The highest BCUT2D eigenvalue weighted by atomic mass is 35.5. The van der Waals surface area contributed by atoms with Gasteiger partial charge in [0.15, 0.2) is 11.6 Å². The van der Waals surface area contributed by atoms with Gasteiger partial charge in [-0.2, -0.15) is 0 Å². The molecule has 1 saturated heterocycles. The van der Waals surface area contributed by atoms with Crippen LogP contribution in [0.4, 0.5) is 14.5 Å². The quantitative estimate of drug-likeness (QED) is 0.330. The lowest BCUT2D eigenvalue weighted by Crippen LogP contribution is -2.29. The fraction of sp³-hybridized carbons (Fsp3) is 0.0833. The van der Waals surface area contributed by atoms with E-state index < -0.39 is 35.1 Å². The molecule has 31 heavy (non-hydrogen) atoms. The Morgan fingerprint density at radius 3 is 2.39 bits per heavy atom. The fourth-order valence-corrected chi connectivity index (χ4v) is 3.87. The number of aryl methyl sites for hydroxylation is 1. The van der Waals surface area contributed by atoms with Crippen molar-refractivity contribution in [2.75, 3.05) is 4.90 Å². The highest BCUT2D eigenvalue weighted by molar-refractivity contribution is 6.51. The lowest BCUT2D eigenvalue weighted by atomic mass is 9.94. The van der Waals surface area contributed by atoms with E-state index in [-0.39, 0.29) is 16.8 Å². The predicted octanol–water partition coefficient (Wildman–Crippen LogP) is 5.55. The maximum absolute atomic E-state index is 13.9. The summed E-state index contributed by atoms with van der Waals surface area (Å²) >= 11 is 6.02. The molecule has 0 aliphatic carbocycles. The Hall–Kier alpha value is -3.51. The second kappa shape index (κ2) is 7.96. The van der Waals surface area contributed by atoms with E-state index in [1.165, 1.54) is 12.1 Å². The molecule has 1 N–H and O–H groups in total. The first kappa shape index (κ1) is 20.8. The van der Waals surface area contributed by atoms with Crippen molar-refractivity contribution in [3.8, 4) is 0 Å². The van der Waals surface area contributed by atoms with Crippen LogP contribution in [-0.2, 0) is 9.59 Å². The molecule has 3 aromatic carbocycles. The largest absolute Gasteiger partial charge is 0.507 e. The van der Waals surface area contributed by atoms with Gasteiger partial charge in [0.2, 0.25) is 0 Å². The summed E-state index contributed by atoms with van der Waals surface area (Å²) in [5.74, 6) is -4.53. The van der Waals surface area contributed by atoms with Gasteiger partial charge in [-0.1, -0.05) is 53.6 Å². The second-order valence-electron chi connectivity index (χ2n) is 7.19. The van der Waals surface area contributed by atoms with Crippen LogP contribution in [0.3, 0.4) is 0 Å². The topological polar surface area (TPSA) is 57.6 Å². The lowest BCUT2D eigenvalue weighted by Gasteiger charge is -2.25. The van der Waals surface area contributed by atoms with Crippen molar-refractivity contribution < 1.29 is 23.5 Å². The van der Waals surface area contributed by atoms with Crippen molar-refractivity contribution in [3.63, 3.8) is 0 Å². The number of aliphatic hydroxyl groups excluding tert-OH is 1. The molecule has 1 fully saturated rings. The summed E-state index contributed by atoms with van der Waals surface area (Å²) in [7, 11) is 0. The molecule has 0 radical (unpaired) electrons. The van der Waals surface area contributed by atoms with Gasteiger partial charge >= 0.3 is 0 Å². The molecule has 7 heteroatoms. The van der Waals surface area contributed by atoms with Crippen LogP contribution in [0.5, 0.6) is 0 Å². The Labute approximate surface area is 182 Å². The number of hydrogen-bond acceptors (Lipinski definition) is 3. The molecule has 0 saturated carbocycles. The average Bonchev–Trinajstić information content (AvgIpc) is 3.00. The fourth-order valence-electron chi connectivity index (χ4n) is 3.68. The van der Waals surface area contributed by atoms with Crippen molar-refractivity contribution in [1.82, 2.24) is 0 Å². The summed E-state index contributed by atoms with van der Waals surface area (Å²) in [5.41, 5.74) is 1.48. The summed E-state index contributed by atoms with van der Waals surface area (Å²) in [5, 5.41) is 11.3. The average molecular weight is 440 g/mol. The zero-order valence-electron chi connectivity index (χ0n) is 16.3. The molecular weight excluding hydrogens is 424 g/mol. The van der Waals surface area contributed by atoms with Crippen LogP contribution in [0.15, 0.2) is 72.3 Å². The van der Waals surface area contributed by atoms with E-state index in [9.17, 15) is 23.5 Å². The van der Waals surface area contributed by atoms with Crippen molar-refractivity contribution in [1.29, 1.82) is 0 Å². The van der Waals surface area contributed by atoms with Crippen LogP contribution in [0.1, 0.15) is 22.7 Å². The maximum Gasteiger partial charge on any atom is 0.300 e. The van der Waals surface area contributed by atoms with E-state index in [1.807, 2.05) is 13.0 Å². The molecule has 3 aromatic rings. The van der Waals surface area contributed by atoms with Gasteiger partial charge in [0.25, 0.3) is 11.7 Å². The summed E-state index contributed by atoms with van der Waals surface area (Å²) in [6, 6.07) is 15.2. The van der Waals surface area contributed by atoms with Gasteiger partial charge in [-0.25, -0.2) is 8.78 Å². The van der Waals surface area contributed by atoms with E-state index in [1.54, 1.807) is 36.4 Å². The minimum Gasteiger partial charge on any atom is -0.507 e. The third-order valence-electron chi connectivity index (χ3n) is 5.08. The molecule has 1 unspecified atom stereocenters. The monoisotopic (exact) mass is 439 g/mol. The number of ketones is 1. The Morgan fingerprint density at radius 2 is 1.71 bits per heavy atom. The van der Waals surface area contributed by atoms with Crippen LogP contribution < -0.4 is 4.90 Å². The third-order valence-corrected chi connectivity index (χ3v) is 5.32. The molecule has 1 heterocycles. The number of halogens is 3. The molecule has 0 bridgehead atoms. The zero-order valence-corrected chi connectivity index (χ0v) is 17.0. The molecule has 1 atom stereocenters. The van der Waals surface area contributed by atoms with Crippen LogP contribution in [0, 0.1) is 18.6 Å². The van der Waals surface area contributed by atoms with E-state index >= 15 is 0 Å². The smallest absolute Gasteiger partial charge is 0.300 e. The highest BCUT2D eigenvalue weighted by Gasteiger charge is 2.47. The Bertz CT molecular complexity index is 1260. The van der Waals surface area contributed by atoms with Crippen LogP contribution >= 0.6 is 11.6 Å². The standard InChI is InChI=1S/C24H16ClF2NO3/c1-13-4-2-5-14(10-13)21-20(22(29)15-6-3-7-16(25)11-15)23(30)24(31)28(21)17-8-9-18(26)19(27)12-17/h2-12,21,29H,1H3/b22-20+. The first-order valence-electron chi connectivity index (χ1n) is 9.36. The molecule has 1 amide bonds. The number of nitrogens with zero attached hydrogens (tertiary/aromatic N) is 1. The number of carbonyl (C=O) groups excluding carboxylic acids is 2. The molecule has 1 aliphatic heterocycles. The van der Waals surface area contributed by atoms with E-state index in [2.05, 4.69) is 0 Å².